The smallest absolute Gasteiger partial charge is 0.261 e. The van der Waals surface area contributed by atoms with Crippen LogP contribution in [-0.4, -0.2) is 35.6 Å². The van der Waals surface area contributed by atoms with E-state index in [2.05, 4.69) is 10.6 Å². The minimum atomic E-state index is -0.428. The topological polar surface area (TPSA) is 95.6 Å². The fourth-order valence-electron chi connectivity index (χ4n) is 2.58. The second-order valence-electron chi connectivity index (χ2n) is 5.65. The van der Waals surface area contributed by atoms with E-state index in [9.17, 15) is 19.2 Å². The van der Waals surface area contributed by atoms with E-state index in [1.165, 1.54) is 32.2 Å². The summed E-state index contributed by atoms with van der Waals surface area (Å²) in [4.78, 5) is 48.4. The number of amides is 4. The highest BCUT2D eigenvalue weighted by Crippen LogP contribution is 2.23. The van der Waals surface area contributed by atoms with Crippen LogP contribution in [0.5, 0.6) is 0 Å². The first-order valence-electron chi connectivity index (χ1n) is 7.52. The Morgan fingerprint density at radius 3 is 2.20 bits per heavy atom. The van der Waals surface area contributed by atoms with Crippen LogP contribution >= 0.6 is 0 Å². The zero-order chi connectivity index (χ0) is 18.1. The van der Waals surface area contributed by atoms with Crippen molar-refractivity contribution in [1.82, 2.24) is 4.90 Å². The Bertz CT molecular complexity index is 920. The average Bonchev–Trinajstić information content (AvgIpc) is 2.79. The number of benzene rings is 2. The van der Waals surface area contributed by atoms with E-state index < -0.39 is 11.8 Å². The lowest BCUT2D eigenvalue weighted by molar-refractivity contribution is -0.114. The molecule has 25 heavy (non-hydrogen) atoms. The predicted molar refractivity (Wildman–Crippen MR) is 91.6 cm³/mol. The number of nitrogens with one attached hydrogen (secondary N) is 2. The van der Waals surface area contributed by atoms with Crippen LogP contribution in [0.4, 0.5) is 11.4 Å². The summed E-state index contributed by atoms with van der Waals surface area (Å²) < 4.78 is 0. The van der Waals surface area contributed by atoms with Crippen molar-refractivity contribution in [3.63, 3.8) is 0 Å². The molecule has 126 valence electrons. The highest BCUT2D eigenvalue weighted by atomic mass is 16.2. The number of nitrogens with zero attached hydrogens (tertiary/aromatic N) is 1. The fourth-order valence-corrected chi connectivity index (χ4v) is 2.58. The molecule has 4 amide bonds. The van der Waals surface area contributed by atoms with Crippen molar-refractivity contribution < 1.29 is 19.2 Å². The molecular formula is C18H15N3O4. The number of carbonyl (C=O) groups is 4. The van der Waals surface area contributed by atoms with Crippen LogP contribution in [-0.2, 0) is 4.79 Å². The average molecular weight is 337 g/mol. The van der Waals surface area contributed by atoms with Crippen molar-refractivity contribution in [2.45, 2.75) is 6.92 Å². The predicted octanol–water partition coefficient (Wildman–Crippen LogP) is 2.12. The van der Waals surface area contributed by atoms with Gasteiger partial charge in [0.05, 0.1) is 11.1 Å². The van der Waals surface area contributed by atoms with Gasteiger partial charge in [0.25, 0.3) is 17.7 Å². The molecule has 2 aromatic carbocycles. The monoisotopic (exact) mass is 337 g/mol. The molecule has 0 aliphatic carbocycles. The molecule has 0 aromatic heterocycles. The third-order valence-electron chi connectivity index (χ3n) is 3.79. The van der Waals surface area contributed by atoms with Crippen LogP contribution in [0.2, 0.25) is 0 Å². The molecule has 2 aromatic rings. The minimum Gasteiger partial charge on any atom is -0.326 e. The lowest BCUT2D eigenvalue weighted by Crippen LogP contribution is -2.24. The molecule has 1 heterocycles. The zero-order valence-electron chi connectivity index (χ0n) is 13.6. The standard InChI is InChI=1S/C18H15N3O4/c1-10(22)19-12-4-3-5-13(9-12)20-16(23)11-6-7-14-15(8-11)18(25)21(2)17(14)24/h3-9H,1-2H3,(H,19,22)(H,20,23). The van der Waals surface area contributed by atoms with E-state index in [4.69, 9.17) is 0 Å². The van der Waals surface area contributed by atoms with Gasteiger partial charge in [0.2, 0.25) is 5.91 Å². The van der Waals surface area contributed by atoms with E-state index in [0.717, 1.165) is 4.90 Å². The first kappa shape index (κ1) is 16.4. The molecule has 1 aliphatic heterocycles. The summed E-state index contributed by atoms with van der Waals surface area (Å²) in [5, 5.41) is 5.33. The number of rotatable bonds is 3. The molecule has 0 radical (unpaired) electrons. The van der Waals surface area contributed by atoms with Gasteiger partial charge in [-0.3, -0.25) is 24.1 Å². The van der Waals surface area contributed by atoms with Crippen molar-refractivity contribution in [3.8, 4) is 0 Å². The largest absolute Gasteiger partial charge is 0.326 e. The molecule has 7 nitrogen and oxygen atoms in total. The molecule has 0 saturated heterocycles. The summed E-state index contributed by atoms with van der Waals surface area (Å²) in [5.41, 5.74) is 1.82. The van der Waals surface area contributed by atoms with Gasteiger partial charge in [-0.25, -0.2) is 0 Å². The second kappa shape index (κ2) is 6.20. The molecule has 7 heteroatoms. The van der Waals surface area contributed by atoms with E-state index in [1.54, 1.807) is 24.3 Å². The maximum absolute atomic E-state index is 12.4. The van der Waals surface area contributed by atoms with Gasteiger partial charge in [-0.1, -0.05) is 6.07 Å². The normalized spacial score (nSPS) is 12.8. The summed E-state index contributed by atoms with van der Waals surface area (Å²) in [6.07, 6.45) is 0. The third kappa shape index (κ3) is 3.12. The van der Waals surface area contributed by atoms with Crippen LogP contribution in [0.3, 0.4) is 0 Å². The van der Waals surface area contributed by atoms with Crippen LogP contribution in [0, 0.1) is 0 Å². The molecule has 0 bridgehead atoms. The van der Waals surface area contributed by atoms with Gasteiger partial charge in [0.15, 0.2) is 0 Å². The molecule has 0 saturated carbocycles. The van der Waals surface area contributed by atoms with Crippen molar-refractivity contribution >= 4 is 35.0 Å². The Labute approximate surface area is 143 Å². The van der Waals surface area contributed by atoms with Gasteiger partial charge >= 0.3 is 0 Å². The maximum Gasteiger partial charge on any atom is 0.261 e. The number of carbonyl (C=O) groups excluding carboxylic acids is 4. The Morgan fingerprint density at radius 1 is 0.880 bits per heavy atom. The van der Waals surface area contributed by atoms with E-state index in [-0.39, 0.29) is 28.5 Å². The van der Waals surface area contributed by atoms with E-state index in [0.29, 0.717) is 11.4 Å². The van der Waals surface area contributed by atoms with E-state index in [1.807, 2.05) is 0 Å². The second-order valence-corrected chi connectivity index (χ2v) is 5.65. The summed E-state index contributed by atoms with van der Waals surface area (Å²) in [6, 6.07) is 11.1. The fraction of sp³-hybridized carbons (Fsp3) is 0.111. The highest BCUT2D eigenvalue weighted by Gasteiger charge is 2.33. The van der Waals surface area contributed by atoms with Gasteiger partial charge in [-0.05, 0) is 36.4 Å². The molecule has 1 aliphatic rings. The first-order chi connectivity index (χ1) is 11.9. The molecular weight excluding hydrogens is 322 g/mol. The molecule has 0 atom stereocenters. The highest BCUT2D eigenvalue weighted by molar-refractivity contribution is 6.22. The summed E-state index contributed by atoms with van der Waals surface area (Å²) in [5.74, 6) is -1.44. The SMILES string of the molecule is CC(=O)Nc1cccc(NC(=O)c2ccc3c(c2)C(=O)N(C)C3=O)c1. The van der Waals surface area contributed by atoms with Crippen LogP contribution < -0.4 is 10.6 Å². The van der Waals surface area contributed by atoms with Gasteiger partial charge in [-0.2, -0.15) is 0 Å². The quantitative estimate of drug-likeness (QED) is 0.839. The lowest BCUT2D eigenvalue weighted by atomic mass is 10.1. The molecule has 0 spiro atoms. The first-order valence-corrected chi connectivity index (χ1v) is 7.52. The number of fused-ring (bicyclic) bond motifs is 1. The van der Waals surface area contributed by atoms with Crippen LogP contribution in [0.25, 0.3) is 0 Å². The Morgan fingerprint density at radius 2 is 1.52 bits per heavy atom. The molecule has 0 fully saturated rings. The number of anilines is 2. The Kier molecular flexibility index (Phi) is 4.06. The molecule has 0 unspecified atom stereocenters. The van der Waals surface area contributed by atoms with Crippen LogP contribution in [0.1, 0.15) is 38.0 Å². The Hall–Kier alpha value is -3.48. The summed E-state index contributed by atoms with van der Waals surface area (Å²) in [6.45, 7) is 1.39. The van der Waals surface area contributed by atoms with Gasteiger partial charge in [0, 0.05) is 30.9 Å². The summed E-state index contributed by atoms with van der Waals surface area (Å²) in [7, 11) is 1.40. The zero-order valence-corrected chi connectivity index (χ0v) is 13.6. The lowest BCUT2D eigenvalue weighted by Gasteiger charge is -2.08. The minimum absolute atomic E-state index is 0.214. The van der Waals surface area contributed by atoms with Crippen molar-refractivity contribution in [2.24, 2.45) is 0 Å². The maximum atomic E-state index is 12.4. The van der Waals surface area contributed by atoms with Crippen molar-refractivity contribution in [3.05, 3.63) is 59.2 Å². The van der Waals surface area contributed by atoms with Gasteiger partial charge in [-0.15, -0.1) is 0 Å². The number of hydrogen-bond acceptors (Lipinski definition) is 4. The van der Waals surface area contributed by atoms with Crippen molar-refractivity contribution in [2.75, 3.05) is 17.7 Å². The van der Waals surface area contributed by atoms with Crippen molar-refractivity contribution in [1.29, 1.82) is 0 Å². The molecule has 3 rings (SSSR count). The Balaban J connectivity index is 1.82. The molecule has 2 N–H and O–H groups in total. The summed E-state index contributed by atoms with van der Waals surface area (Å²) >= 11 is 0. The van der Waals surface area contributed by atoms with Gasteiger partial charge < -0.3 is 10.6 Å². The van der Waals surface area contributed by atoms with Gasteiger partial charge in [0.1, 0.15) is 0 Å². The number of hydrogen-bond donors (Lipinski definition) is 2. The van der Waals surface area contributed by atoms with Crippen LogP contribution in [0.15, 0.2) is 42.5 Å². The van der Waals surface area contributed by atoms with E-state index >= 15 is 0 Å². The third-order valence-corrected chi connectivity index (χ3v) is 3.79. The number of imide groups is 1.